The molecule has 0 fully saturated rings. The number of hydrogen-bond acceptors (Lipinski definition) is 2. The highest BCUT2D eigenvalue weighted by atomic mass is 16.4. The van der Waals surface area contributed by atoms with Crippen molar-refractivity contribution in [1.82, 2.24) is 5.32 Å². The predicted molar refractivity (Wildman–Crippen MR) is 129 cm³/mol. The number of hydrogen-bond donors (Lipinski definition) is 2. The predicted octanol–water partition coefficient (Wildman–Crippen LogP) is 6.53. The molecule has 2 aromatic carbocycles. The van der Waals surface area contributed by atoms with Crippen molar-refractivity contribution in [2.24, 2.45) is 5.92 Å². The summed E-state index contributed by atoms with van der Waals surface area (Å²) in [6.07, 6.45) is 7.44. The van der Waals surface area contributed by atoms with Gasteiger partial charge in [0.25, 0.3) is 0 Å². The molecule has 0 spiro atoms. The number of aryl methyl sites for hydroxylation is 1. The summed E-state index contributed by atoms with van der Waals surface area (Å²) in [5, 5.41) is 13.7. The van der Waals surface area contributed by atoms with Gasteiger partial charge in [-0.2, -0.15) is 0 Å². The molecule has 162 valence electrons. The number of carboxylic acids is 1. The minimum atomic E-state index is -0.869. The third-order valence-corrected chi connectivity index (χ3v) is 6.11. The number of allylic oxidation sites excluding steroid dienone is 2. The molecule has 0 radical (unpaired) electrons. The molecule has 0 aromatic heterocycles. The van der Waals surface area contributed by atoms with Crippen LogP contribution in [0.25, 0.3) is 5.70 Å². The zero-order chi connectivity index (χ0) is 22.2. The number of rotatable bonds is 9. The molecule has 3 nitrogen and oxygen atoms in total. The molecule has 1 aliphatic carbocycles. The molecule has 3 rings (SSSR count). The van der Waals surface area contributed by atoms with Crippen molar-refractivity contribution < 1.29 is 9.90 Å². The maximum Gasteiger partial charge on any atom is 0.337 e. The van der Waals surface area contributed by atoms with Gasteiger partial charge in [-0.1, -0.05) is 80.6 Å². The monoisotopic (exact) mass is 415 g/mol. The lowest BCUT2D eigenvalue weighted by molar-refractivity contribution is -0.132. The Bertz CT molecular complexity index is 985. The van der Waals surface area contributed by atoms with E-state index in [0.29, 0.717) is 12.0 Å². The molecule has 2 aromatic rings. The zero-order valence-corrected chi connectivity index (χ0v) is 18.7. The highest BCUT2D eigenvalue weighted by Crippen LogP contribution is 2.35. The summed E-state index contributed by atoms with van der Waals surface area (Å²) in [7, 11) is 0. The van der Waals surface area contributed by atoms with Gasteiger partial charge in [0, 0.05) is 11.4 Å². The van der Waals surface area contributed by atoms with Crippen LogP contribution in [0.15, 0.2) is 84.1 Å². The van der Waals surface area contributed by atoms with Crippen LogP contribution in [0.1, 0.15) is 56.2 Å². The number of carbonyl (C=O) groups is 1. The second-order valence-corrected chi connectivity index (χ2v) is 8.18. The topological polar surface area (TPSA) is 49.3 Å². The SMILES string of the molecule is C=C(N/C(CCCC)=C(C(=O)O)/C(=C\C)C1CCc2ccccc2C1)c1ccccc1. The second-order valence-electron chi connectivity index (χ2n) is 8.18. The first kappa shape index (κ1) is 22.6. The van der Waals surface area contributed by atoms with E-state index in [1.807, 2.05) is 43.3 Å². The minimum absolute atomic E-state index is 0.203. The quantitative estimate of drug-likeness (QED) is 0.362. The van der Waals surface area contributed by atoms with E-state index in [-0.39, 0.29) is 5.92 Å². The Kier molecular flexibility index (Phi) is 7.88. The lowest BCUT2D eigenvalue weighted by Crippen LogP contribution is -2.24. The first-order valence-electron chi connectivity index (χ1n) is 11.3. The highest BCUT2D eigenvalue weighted by Gasteiger charge is 2.28. The van der Waals surface area contributed by atoms with Gasteiger partial charge in [-0.3, -0.25) is 0 Å². The van der Waals surface area contributed by atoms with Crippen molar-refractivity contribution in [3.05, 3.63) is 101 Å². The third-order valence-electron chi connectivity index (χ3n) is 6.11. The molecule has 3 heteroatoms. The van der Waals surface area contributed by atoms with E-state index in [1.165, 1.54) is 11.1 Å². The van der Waals surface area contributed by atoms with E-state index >= 15 is 0 Å². The zero-order valence-electron chi connectivity index (χ0n) is 18.7. The Hall–Kier alpha value is -3.07. The lowest BCUT2D eigenvalue weighted by Gasteiger charge is -2.28. The first-order valence-corrected chi connectivity index (χ1v) is 11.3. The number of unbranched alkanes of at least 4 members (excludes halogenated alkanes) is 1. The first-order chi connectivity index (χ1) is 15.0. The van der Waals surface area contributed by atoms with Gasteiger partial charge >= 0.3 is 5.97 Å². The van der Waals surface area contributed by atoms with Gasteiger partial charge in [0.2, 0.25) is 0 Å². The van der Waals surface area contributed by atoms with Crippen molar-refractivity contribution in [1.29, 1.82) is 0 Å². The molecule has 0 aliphatic heterocycles. The number of fused-ring (bicyclic) bond motifs is 1. The van der Waals surface area contributed by atoms with E-state index in [1.54, 1.807) is 0 Å². The van der Waals surface area contributed by atoms with Crippen LogP contribution in [-0.4, -0.2) is 11.1 Å². The molecule has 0 amide bonds. The van der Waals surface area contributed by atoms with E-state index in [4.69, 9.17) is 0 Å². The average Bonchev–Trinajstić information content (AvgIpc) is 2.80. The van der Waals surface area contributed by atoms with Gasteiger partial charge in [-0.15, -0.1) is 0 Å². The summed E-state index contributed by atoms with van der Waals surface area (Å²) in [6.45, 7) is 8.27. The number of benzene rings is 2. The molecule has 0 saturated carbocycles. The maximum absolute atomic E-state index is 12.5. The summed E-state index contributed by atoms with van der Waals surface area (Å²) in [5.41, 5.74) is 6.52. The molecule has 2 N–H and O–H groups in total. The van der Waals surface area contributed by atoms with Crippen LogP contribution >= 0.6 is 0 Å². The van der Waals surface area contributed by atoms with Crippen LogP contribution < -0.4 is 5.32 Å². The fourth-order valence-corrected chi connectivity index (χ4v) is 4.47. The molecule has 0 saturated heterocycles. The van der Waals surface area contributed by atoms with Crippen molar-refractivity contribution in [2.75, 3.05) is 0 Å². The van der Waals surface area contributed by atoms with Crippen molar-refractivity contribution in [2.45, 2.75) is 52.4 Å². The molecule has 1 aliphatic rings. The van der Waals surface area contributed by atoms with Gasteiger partial charge in [0.05, 0.1) is 5.57 Å². The minimum Gasteiger partial charge on any atom is -0.478 e. The summed E-state index contributed by atoms with van der Waals surface area (Å²) < 4.78 is 0. The normalized spacial score (nSPS) is 16.8. The highest BCUT2D eigenvalue weighted by molar-refractivity contribution is 5.93. The van der Waals surface area contributed by atoms with Gasteiger partial charge in [0.1, 0.15) is 0 Å². The molecular weight excluding hydrogens is 382 g/mol. The fourth-order valence-electron chi connectivity index (χ4n) is 4.47. The van der Waals surface area contributed by atoms with Crippen LogP contribution in [0.3, 0.4) is 0 Å². The lowest BCUT2D eigenvalue weighted by atomic mass is 9.77. The number of carboxylic acid groups (broad SMARTS) is 1. The Morgan fingerprint density at radius 1 is 1.13 bits per heavy atom. The molecular formula is C28H33NO2. The molecule has 1 unspecified atom stereocenters. The van der Waals surface area contributed by atoms with E-state index in [2.05, 4.69) is 43.1 Å². The standard InChI is InChI=1S/C28H33NO2/c1-4-6-16-26(29-20(3)21-12-8-7-9-13-21)27(28(30)31)25(5-2)24-18-17-22-14-10-11-15-23(22)19-24/h5,7-15,24,29H,3-4,6,16-19H2,1-2H3,(H,30,31)/b25-5-,27-26-. The second kappa shape index (κ2) is 10.8. The third kappa shape index (κ3) is 5.55. The maximum atomic E-state index is 12.5. The largest absolute Gasteiger partial charge is 0.478 e. The van der Waals surface area contributed by atoms with Crippen LogP contribution in [0.4, 0.5) is 0 Å². The summed E-state index contributed by atoms with van der Waals surface area (Å²) in [5.74, 6) is -0.666. The Morgan fingerprint density at radius 3 is 2.45 bits per heavy atom. The Morgan fingerprint density at radius 2 is 1.81 bits per heavy atom. The van der Waals surface area contributed by atoms with Crippen molar-refractivity contribution in [3.8, 4) is 0 Å². The number of aliphatic carboxylic acids is 1. The van der Waals surface area contributed by atoms with Crippen LogP contribution in [0.2, 0.25) is 0 Å². The van der Waals surface area contributed by atoms with Crippen molar-refractivity contribution >= 4 is 11.7 Å². The summed E-state index contributed by atoms with van der Waals surface area (Å²) in [4.78, 5) is 12.5. The molecule has 0 bridgehead atoms. The van der Waals surface area contributed by atoms with Gasteiger partial charge in [-0.25, -0.2) is 4.79 Å². The van der Waals surface area contributed by atoms with Gasteiger partial charge in [-0.05, 0) is 67.2 Å². The molecule has 31 heavy (non-hydrogen) atoms. The van der Waals surface area contributed by atoms with Crippen LogP contribution in [0, 0.1) is 5.92 Å². The summed E-state index contributed by atoms with van der Waals surface area (Å²) in [6, 6.07) is 18.4. The Labute approximate surface area is 186 Å². The van der Waals surface area contributed by atoms with Crippen LogP contribution in [-0.2, 0) is 17.6 Å². The smallest absolute Gasteiger partial charge is 0.337 e. The van der Waals surface area contributed by atoms with E-state index < -0.39 is 5.97 Å². The van der Waals surface area contributed by atoms with Gasteiger partial charge in [0.15, 0.2) is 0 Å². The van der Waals surface area contributed by atoms with Crippen molar-refractivity contribution in [3.63, 3.8) is 0 Å². The van der Waals surface area contributed by atoms with Gasteiger partial charge < -0.3 is 10.4 Å². The molecule has 1 atom stereocenters. The Balaban J connectivity index is 1.97. The number of nitrogens with one attached hydrogen (secondary N) is 1. The van der Waals surface area contributed by atoms with E-state index in [0.717, 1.165) is 54.6 Å². The van der Waals surface area contributed by atoms with E-state index in [9.17, 15) is 9.90 Å². The summed E-state index contributed by atoms with van der Waals surface area (Å²) >= 11 is 0. The fraction of sp³-hybridized carbons (Fsp3) is 0.321. The van der Waals surface area contributed by atoms with Crippen LogP contribution in [0.5, 0.6) is 0 Å². The average molecular weight is 416 g/mol. The molecule has 0 heterocycles.